The smallest absolute Gasteiger partial charge is 0.129 e. The topological polar surface area (TPSA) is 41.0 Å². The first-order valence-electron chi connectivity index (χ1n) is 7.70. The van der Waals surface area contributed by atoms with Gasteiger partial charge in [0, 0.05) is 18.1 Å². The van der Waals surface area contributed by atoms with Crippen LogP contribution in [0.25, 0.3) is 11.0 Å². The predicted octanol–water partition coefficient (Wildman–Crippen LogP) is 3.45. The van der Waals surface area contributed by atoms with Crippen LogP contribution in [0.5, 0.6) is 0 Å². The number of aromatic nitrogens is 2. The van der Waals surface area contributed by atoms with E-state index in [1.165, 1.54) is 37.4 Å². The second-order valence-electron chi connectivity index (χ2n) is 6.05. The molecule has 1 N–H and O–H groups in total. The van der Waals surface area contributed by atoms with Crippen molar-refractivity contribution in [1.29, 1.82) is 0 Å². The van der Waals surface area contributed by atoms with Crippen LogP contribution in [0.4, 0.5) is 5.69 Å². The molecule has 0 saturated carbocycles. The summed E-state index contributed by atoms with van der Waals surface area (Å²) in [5.74, 6) is 0. The highest BCUT2D eigenvalue weighted by Crippen LogP contribution is 2.44. The number of rotatable bonds is 3. The lowest BCUT2D eigenvalue weighted by Gasteiger charge is -2.41. The Balaban J connectivity index is 1.73. The Morgan fingerprint density at radius 1 is 1.29 bits per heavy atom. The molecule has 1 aromatic heterocycles. The van der Waals surface area contributed by atoms with E-state index in [4.69, 9.17) is 11.6 Å². The molecule has 0 amide bonds. The summed E-state index contributed by atoms with van der Waals surface area (Å²) >= 11 is 7.80. The summed E-state index contributed by atoms with van der Waals surface area (Å²) in [6.45, 7) is 3.24. The van der Waals surface area contributed by atoms with Crippen molar-refractivity contribution in [2.24, 2.45) is 0 Å². The number of anilines is 1. The van der Waals surface area contributed by atoms with Gasteiger partial charge in [0.15, 0.2) is 0 Å². The van der Waals surface area contributed by atoms with Gasteiger partial charge in [-0.3, -0.25) is 0 Å². The van der Waals surface area contributed by atoms with Gasteiger partial charge in [-0.2, -0.15) is 8.75 Å². The molecule has 0 radical (unpaired) electrons. The Morgan fingerprint density at radius 3 is 2.76 bits per heavy atom. The van der Waals surface area contributed by atoms with E-state index in [9.17, 15) is 0 Å². The lowest BCUT2D eigenvalue weighted by Crippen LogP contribution is -2.49. The summed E-state index contributed by atoms with van der Waals surface area (Å²) in [5, 5.41) is 4.43. The van der Waals surface area contributed by atoms with Gasteiger partial charge in [0.1, 0.15) is 11.0 Å². The second kappa shape index (κ2) is 5.38. The van der Waals surface area contributed by atoms with E-state index in [2.05, 4.69) is 25.9 Å². The van der Waals surface area contributed by atoms with Crippen LogP contribution in [-0.4, -0.2) is 33.4 Å². The van der Waals surface area contributed by atoms with Gasteiger partial charge >= 0.3 is 0 Å². The third-order valence-corrected chi connectivity index (χ3v) is 5.68. The quantitative estimate of drug-likeness (QED) is 0.939. The molecule has 2 unspecified atom stereocenters. The first kappa shape index (κ1) is 13.7. The minimum atomic E-state index is 0.581. The summed E-state index contributed by atoms with van der Waals surface area (Å²) < 4.78 is 8.86. The van der Waals surface area contributed by atoms with Crippen molar-refractivity contribution in [2.45, 2.75) is 50.7 Å². The maximum Gasteiger partial charge on any atom is 0.129 e. The van der Waals surface area contributed by atoms with Crippen LogP contribution in [0.1, 0.15) is 32.6 Å². The van der Waals surface area contributed by atoms with Gasteiger partial charge in [0.05, 0.1) is 22.4 Å². The fraction of sp³-hybridized carbons (Fsp3) is 0.600. The van der Waals surface area contributed by atoms with Crippen molar-refractivity contribution in [3.05, 3.63) is 17.2 Å². The van der Waals surface area contributed by atoms with E-state index < -0.39 is 0 Å². The van der Waals surface area contributed by atoms with Gasteiger partial charge in [0.2, 0.25) is 0 Å². The number of hydrogen-bond acceptors (Lipinski definition) is 5. The molecular weight excluding hydrogens is 304 g/mol. The first-order chi connectivity index (χ1) is 10.3. The zero-order chi connectivity index (χ0) is 14.4. The van der Waals surface area contributed by atoms with Crippen LogP contribution in [0.3, 0.4) is 0 Å². The minimum Gasteiger partial charge on any atom is -0.362 e. The fourth-order valence-corrected chi connectivity index (χ4v) is 4.84. The SMILES string of the molecule is CCNC1CC2CCC(C1)N2c1c(Cl)ccc2nsnc12. The van der Waals surface area contributed by atoms with Gasteiger partial charge in [-0.05, 0) is 44.4 Å². The third-order valence-electron chi connectivity index (χ3n) is 4.84. The van der Waals surface area contributed by atoms with E-state index in [0.29, 0.717) is 18.1 Å². The average molecular weight is 323 g/mol. The zero-order valence-electron chi connectivity index (χ0n) is 12.1. The molecule has 4 nitrogen and oxygen atoms in total. The Morgan fingerprint density at radius 2 is 2.05 bits per heavy atom. The summed E-state index contributed by atoms with van der Waals surface area (Å²) in [6.07, 6.45) is 4.93. The summed E-state index contributed by atoms with van der Waals surface area (Å²) in [7, 11) is 0. The van der Waals surface area contributed by atoms with E-state index >= 15 is 0 Å². The van der Waals surface area contributed by atoms with E-state index in [1.807, 2.05) is 12.1 Å². The lowest BCUT2D eigenvalue weighted by atomic mass is 9.96. The number of halogens is 1. The highest BCUT2D eigenvalue weighted by molar-refractivity contribution is 7.00. The molecule has 2 atom stereocenters. The van der Waals surface area contributed by atoms with Gasteiger partial charge in [0.25, 0.3) is 0 Å². The summed E-state index contributed by atoms with van der Waals surface area (Å²) in [5.41, 5.74) is 3.06. The standard InChI is InChI=1S/C15H19ClN4S/c1-2-17-9-7-10-3-4-11(8-9)20(10)15-12(16)5-6-13-14(15)19-21-18-13/h5-6,9-11,17H,2-4,7-8H2,1H3. The molecule has 1 aromatic carbocycles. The maximum absolute atomic E-state index is 6.53. The van der Waals surface area contributed by atoms with E-state index in [-0.39, 0.29) is 0 Å². The maximum atomic E-state index is 6.53. The predicted molar refractivity (Wildman–Crippen MR) is 88.4 cm³/mol. The minimum absolute atomic E-state index is 0.581. The second-order valence-corrected chi connectivity index (χ2v) is 6.98. The first-order valence-corrected chi connectivity index (χ1v) is 8.81. The van der Waals surface area contributed by atoms with E-state index in [0.717, 1.165) is 28.3 Å². The number of benzene rings is 1. The molecule has 2 fully saturated rings. The summed E-state index contributed by atoms with van der Waals surface area (Å²) in [4.78, 5) is 2.54. The van der Waals surface area contributed by atoms with Crippen LogP contribution in [-0.2, 0) is 0 Å². The molecule has 2 aliphatic rings. The molecule has 2 aliphatic heterocycles. The molecule has 2 bridgehead atoms. The molecule has 112 valence electrons. The van der Waals surface area contributed by atoms with Crippen LogP contribution in [0.15, 0.2) is 12.1 Å². The molecule has 4 rings (SSSR count). The molecule has 21 heavy (non-hydrogen) atoms. The van der Waals surface area contributed by atoms with Crippen molar-refractivity contribution >= 4 is 40.0 Å². The monoisotopic (exact) mass is 322 g/mol. The highest BCUT2D eigenvalue weighted by atomic mass is 35.5. The Kier molecular flexibility index (Phi) is 3.52. The molecule has 3 heterocycles. The molecular formula is C15H19ClN4S. The number of piperidine rings is 1. The van der Waals surface area contributed by atoms with Crippen molar-refractivity contribution in [2.75, 3.05) is 11.4 Å². The van der Waals surface area contributed by atoms with Crippen molar-refractivity contribution in [3.63, 3.8) is 0 Å². The van der Waals surface area contributed by atoms with E-state index in [1.54, 1.807) is 0 Å². The molecule has 2 saturated heterocycles. The molecule has 6 heteroatoms. The highest BCUT2D eigenvalue weighted by Gasteiger charge is 2.42. The Labute approximate surface area is 133 Å². The molecule has 0 spiro atoms. The Hall–Kier alpha value is -0.910. The van der Waals surface area contributed by atoms with Gasteiger partial charge in [-0.1, -0.05) is 18.5 Å². The van der Waals surface area contributed by atoms with Crippen molar-refractivity contribution in [3.8, 4) is 0 Å². The van der Waals surface area contributed by atoms with Crippen LogP contribution < -0.4 is 10.2 Å². The normalized spacial score (nSPS) is 28.5. The van der Waals surface area contributed by atoms with Gasteiger partial charge < -0.3 is 10.2 Å². The number of hydrogen-bond donors (Lipinski definition) is 1. The number of nitrogens with zero attached hydrogens (tertiary/aromatic N) is 3. The third kappa shape index (κ3) is 2.22. The zero-order valence-corrected chi connectivity index (χ0v) is 13.6. The number of fused-ring (bicyclic) bond motifs is 3. The van der Waals surface area contributed by atoms with Crippen LogP contribution >= 0.6 is 23.3 Å². The average Bonchev–Trinajstić information content (AvgIpc) is 3.03. The molecule has 0 aliphatic carbocycles. The van der Waals surface area contributed by atoms with Crippen LogP contribution in [0, 0.1) is 0 Å². The van der Waals surface area contributed by atoms with Crippen molar-refractivity contribution < 1.29 is 0 Å². The fourth-order valence-electron chi connectivity index (χ4n) is 4.06. The molecule has 2 aromatic rings. The largest absolute Gasteiger partial charge is 0.362 e. The van der Waals surface area contributed by atoms with Crippen molar-refractivity contribution in [1.82, 2.24) is 14.1 Å². The number of nitrogens with one attached hydrogen (secondary N) is 1. The summed E-state index contributed by atoms with van der Waals surface area (Å²) in [6, 6.07) is 5.75. The lowest BCUT2D eigenvalue weighted by molar-refractivity contribution is 0.362. The Bertz CT molecular complexity index is 644. The van der Waals surface area contributed by atoms with Gasteiger partial charge in [-0.15, -0.1) is 0 Å². The van der Waals surface area contributed by atoms with Crippen LogP contribution in [0.2, 0.25) is 5.02 Å². The van der Waals surface area contributed by atoms with Gasteiger partial charge in [-0.25, -0.2) is 0 Å².